The van der Waals surface area contributed by atoms with E-state index < -0.39 is 19.9 Å². The lowest BCUT2D eigenvalue weighted by atomic mass is 10.4. The standard InChI is InChI=1S/C8H7NO5S2/c1-15(11,12)7-2-4-8(5-3-7)16(13,14)9-6-10/h2-5H,1H3. The highest BCUT2D eigenvalue weighted by Crippen LogP contribution is 2.15. The van der Waals surface area contributed by atoms with E-state index in [1.54, 1.807) is 0 Å². The van der Waals surface area contributed by atoms with Crippen LogP contribution in [-0.4, -0.2) is 29.2 Å². The third-order valence-corrected chi connectivity index (χ3v) is 4.02. The van der Waals surface area contributed by atoms with Crippen LogP contribution >= 0.6 is 0 Å². The zero-order valence-corrected chi connectivity index (χ0v) is 9.75. The van der Waals surface area contributed by atoms with Crippen molar-refractivity contribution in [3.05, 3.63) is 24.3 Å². The number of carbonyl (C=O) groups excluding carboxylic acids is 1. The molecule has 8 heteroatoms. The fourth-order valence-electron chi connectivity index (χ4n) is 0.961. The van der Waals surface area contributed by atoms with Crippen molar-refractivity contribution in [2.75, 3.05) is 6.26 Å². The minimum absolute atomic E-state index is 0.0125. The SMILES string of the molecule is CS(=O)(=O)c1ccc(S(=O)(=O)N=C=O)cc1. The second kappa shape index (κ2) is 4.17. The molecule has 0 bridgehead atoms. The van der Waals surface area contributed by atoms with E-state index in [2.05, 4.69) is 4.40 Å². The van der Waals surface area contributed by atoms with Crippen LogP contribution in [0.2, 0.25) is 0 Å². The van der Waals surface area contributed by atoms with Crippen molar-refractivity contribution in [2.45, 2.75) is 9.79 Å². The molecule has 6 nitrogen and oxygen atoms in total. The first-order valence-electron chi connectivity index (χ1n) is 3.91. The second-order valence-corrected chi connectivity index (χ2v) is 6.52. The van der Waals surface area contributed by atoms with E-state index in [0.717, 1.165) is 36.6 Å². The van der Waals surface area contributed by atoms with Crippen LogP contribution in [0.5, 0.6) is 0 Å². The molecule has 86 valence electrons. The highest BCUT2D eigenvalue weighted by Gasteiger charge is 2.14. The maximum absolute atomic E-state index is 11.2. The Kier molecular flexibility index (Phi) is 3.27. The molecule has 0 amide bonds. The molecule has 0 aromatic heterocycles. The fourth-order valence-corrected chi connectivity index (χ4v) is 2.27. The first-order chi connectivity index (χ1) is 7.27. The third-order valence-electron chi connectivity index (χ3n) is 1.71. The number of isocyanates is 1. The van der Waals surface area contributed by atoms with Crippen molar-refractivity contribution in [3.8, 4) is 0 Å². The van der Waals surface area contributed by atoms with Gasteiger partial charge in [-0.3, -0.25) is 0 Å². The number of sulfonamides is 1. The van der Waals surface area contributed by atoms with Gasteiger partial charge in [-0.15, -0.1) is 0 Å². The maximum Gasteiger partial charge on any atom is 0.292 e. The van der Waals surface area contributed by atoms with Gasteiger partial charge in [-0.25, -0.2) is 13.2 Å². The Balaban J connectivity index is 3.30. The summed E-state index contributed by atoms with van der Waals surface area (Å²) < 4.78 is 47.2. The zero-order valence-electron chi connectivity index (χ0n) is 8.11. The van der Waals surface area contributed by atoms with Crippen LogP contribution in [0.15, 0.2) is 38.5 Å². The van der Waals surface area contributed by atoms with E-state index in [1.807, 2.05) is 0 Å². The number of sulfone groups is 1. The average molecular weight is 261 g/mol. The van der Waals surface area contributed by atoms with Crippen LogP contribution in [0.3, 0.4) is 0 Å². The summed E-state index contributed by atoms with van der Waals surface area (Å²) in [5.74, 6) is 0. The van der Waals surface area contributed by atoms with Gasteiger partial charge >= 0.3 is 0 Å². The van der Waals surface area contributed by atoms with Crippen molar-refractivity contribution >= 4 is 25.9 Å². The van der Waals surface area contributed by atoms with Crippen LogP contribution in [-0.2, 0) is 24.7 Å². The highest BCUT2D eigenvalue weighted by atomic mass is 32.2. The van der Waals surface area contributed by atoms with Crippen molar-refractivity contribution in [3.63, 3.8) is 0 Å². The van der Waals surface area contributed by atoms with E-state index in [-0.39, 0.29) is 9.79 Å². The van der Waals surface area contributed by atoms with Crippen LogP contribution < -0.4 is 0 Å². The minimum atomic E-state index is -4.07. The summed E-state index contributed by atoms with van der Waals surface area (Å²) in [6.45, 7) is 0. The molecule has 0 fully saturated rings. The van der Waals surface area contributed by atoms with Crippen molar-refractivity contribution in [1.29, 1.82) is 0 Å². The predicted octanol–water partition coefficient (Wildman–Crippen LogP) is 0.115. The molecule has 1 rings (SSSR count). The summed E-state index contributed by atoms with van der Waals surface area (Å²) in [6.07, 6.45) is 1.92. The number of hydrogen-bond donors (Lipinski definition) is 0. The number of benzene rings is 1. The van der Waals surface area contributed by atoms with Crippen molar-refractivity contribution in [2.24, 2.45) is 4.40 Å². The van der Waals surface area contributed by atoms with E-state index in [0.29, 0.717) is 0 Å². The Hall–Kier alpha value is -1.50. The number of rotatable bonds is 3. The predicted molar refractivity (Wildman–Crippen MR) is 54.9 cm³/mol. The van der Waals surface area contributed by atoms with Gasteiger partial charge in [-0.1, -0.05) is 4.40 Å². The summed E-state index contributed by atoms with van der Waals surface area (Å²) in [6, 6.07) is 4.38. The lowest BCUT2D eigenvalue weighted by Crippen LogP contribution is -1.99. The zero-order chi connectivity index (χ0) is 12.4. The molecule has 1 aromatic carbocycles. The van der Waals surface area contributed by atoms with Gasteiger partial charge in [0.2, 0.25) is 0 Å². The summed E-state index contributed by atoms with van der Waals surface area (Å²) >= 11 is 0. The van der Waals surface area contributed by atoms with Crippen LogP contribution in [0.25, 0.3) is 0 Å². The molecule has 16 heavy (non-hydrogen) atoms. The normalized spacial score (nSPS) is 11.8. The second-order valence-electron chi connectivity index (χ2n) is 2.90. The Labute approximate surface area is 92.6 Å². The smallest absolute Gasteiger partial charge is 0.224 e. The Morgan fingerprint density at radius 2 is 1.44 bits per heavy atom. The van der Waals surface area contributed by atoms with Gasteiger partial charge in [0.25, 0.3) is 16.1 Å². The van der Waals surface area contributed by atoms with Crippen LogP contribution in [0, 0.1) is 0 Å². The summed E-state index contributed by atoms with van der Waals surface area (Å²) in [4.78, 5) is 9.58. The average Bonchev–Trinajstić information content (AvgIpc) is 2.16. The van der Waals surface area contributed by atoms with Crippen molar-refractivity contribution in [1.82, 2.24) is 0 Å². The highest BCUT2D eigenvalue weighted by molar-refractivity contribution is 7.91. The largest absolute Gasteiger partial charge is 0.292 e. The molecular weight excluding hydrogens is 254 g/mol. The molecule has 0 aliphatic heterocycles. The fraction of sp³-hybridized carbons (Fsp3) is 0.125. The number of hydrogen-bond acceptors (Lipinski definition) is 5. The lowest BCUT2D eigenvalue weighted by Gasteiger charge is -1.99. The molecule has 0 saturated heterocycles. The molecule has 1 aromatic rings. The quantitative estimate of drug-likeness (QED) is 0.568. The molecule has 0 aliphatic carbocycles. The van der Waals surface area contributed by atoms with Gasteiger partial charge in [-0.2, -0.15) is 8.42 Å². The lowest BCUT2D eigenvalue weighted by molar-refractivity contribution is 0.563. The molecule has 0 radical (unpaired) electrons. The van der Waals surface area contributed by atoms with Crippen LogP contribution in [0.1, 0.15) is 0 Å². The molecular formula is C8H7NO5S2. The first-order valence-corrected chi connectivity index (χ1v) is 7.25. The molecule has 0 aliphatic rings. The summed E-state index contributed by atoms with van der Waals surface area (Å²) in [7, 11) is -7.45. The Morgan fingerprint density at radius 1 is 1.00 bits per heavy atom. The molecule has 0 N–H and O–H groups in total. The van der Waals surface area contributed by atoms with Gasteiger partial charge in [0.15, 0.2) is 9.84 Å². The van der Waals surface area contributed by atoms with Crippen LogP contribution in [0.4, 0.5) is 0 Å². The Morgan fingerprint density at radius 3 is 1.81 bits per heavy atom. The Bertz CT molecular complexity index is 636. The van der Waals surface area contributed by atoms with Gasteiger partial charge in [0.1, 0.15) is 0 Å². The topological polar surface area (TPSA) is 97.7 Å². The van der Waals surface area contributed by atoms with E-state index >= 15 is 0 Å². The minimum Gasteiger partial charge on any atom is -0.224 e. The maximum atomic E-state index is 11.2. The van der Waals surface area contributed by atoms with E-state index in [4.69, 9.17) is 0 Å². The van der Waals surface area contributed by atoms with Gasteiger partial charge in [0.05, 0.1) is 9.79 Å². The van der Waals surface area contributed by atoms with E-state index in [1.165, 1.54) is 0 Å². The molecule has 0 saturated carbocycles. The van der Waals surface area contributed by atoms with Gasteiger partial charge in [0, 0.05) is 6.26 Å². The molecule has 0 atom stereocenters. The third kappa shape index (κ3) is 2.75. The summed E-state index contributed by atoms with van der Waals surface area (Å²) in [5.41, 5.74) is 0. The van der Waals surface area contributed by atoms with Gasteiger partial charge in [-0.05, 0) is 24.3 Å². The molecule has 0 spiro atoms. The first kappa shape index (κ1) is 12.6. The van der Waals surface area contributed by atoms with Gasteiger partial charge < -0.3 is 0 Å². The number of nitrogens with zero attached hydrogens (tertiary/aromatic N) is 1. The molecule has 0 heterocycles. The van der Waals surface area contributed by atoms with Crippen molar-refractivity contribution < 1.29 is 21.6 Å². The summed E-state index contributed by atoms with van der Waals surface area (Å²) in [5, 5.41) is 0. The molecule has 0 unspecified atom stereocenters. The van der Waals surface area contributed by atoms with E-state index in [9.17, 15) is 21.6 Å². The monoisotopic (exact) mass is 261 g/mol.